The molecule has 0 unspecified atom stereocenters. The molecule has 0 bridgehead atoms. The SMILES string of the molecule is NC1(C(=O)c2cncc3ccccc23)CCC1. The van der Waals surface area contributed by atoms with Crippen LogP contribution in [-0.4, -0.2) is 16.3 Å². The van der Waals surface area contributed by atoms with Crippen molar-refractivity contribution in [2.45, 2.75) is 24.8 Å². The second-order valence-corrected chi connectivity index (χ2v) is 4.75. The molecule has 2 N–H and O–H groups in total. The fraction of sp³-hybridized carbons (Fsp3) is 0.286. The lowest BCUT2D eigenvalue weighted by atomic mass is 9.72. The Labute approximate surface area is 99.7 Å². The summed E-state index contributed by atoms with van der Waals surface area (Å²) in [6, 6.07) is 7.79. The second-order valence-electron chi connectivity index (χ2n) is 4.75. The van der Waals surface area contributed by atoms with E-state index in [1.165, 1.54) is 0 Å². The average molecular weight is 226 g/mol. The molecule has 0 spiro atoms. The fourth-order valence-electron chi connectivity index (χ4n) is 2.35. The van der Waals surface area contributed by atoms with Crippen molar-refractivity contribution >= 4 is 16.6 Å². The van der Waals surface area contributed by atoms with Crippen LogP contribution < -0.4 is 5.73 Å². The Morgan fingerprint density at radius 1 is 1.24 bits per heavy atom. The van der Waals surface area contributed by atoms with Crippen LogP contribution in [0.1, 0.15) is 29.6 Å². The Morgan fingerprint density at radius 3 is 2.71 bits per heavy atom. The van der Waals surface area contributed by atoms with E-state index in [1.807, 2.05) is 24.3 Å². The number of hydrogen-bond donors (Lipinski definition) is 1. The number of nitrogens with zero attached hydrogens (tertiary/aromatic N) is 1. The van der Waals surface area contributed by atoms with E-state index in [0.29, 0.717) is 5.56 Å². The average Bonchev–Trinajstić information content (AvgIpc) is 2.34. The lowest BCUT2D eigenvalue weighted by Crippen LogP contribution is -2.53. The molecule has 0 radical (unpaired) electrons. The summed E-state index contributed by atoms with van der Waals surface area (Å²) in [6.45, 7) is 0. The highest BCUT2D eigenvalue weighted by Gasteiger charge is 2.40. The standard InChI is InChI=1S/C14H14N2O/c15-14(6-3-7-14)13(17)12-9-16-8-10-4-1-2-5-11(10)12/h1-2,4-5,8-9H,3,6-7,15H2. The van der Waals surface area contributed by atoms with Gasteiger partial charge in [-0.2, -0.15) is 0 Å². The zero-order valence-corrected chi connectivity index (χ0v) is 9.52. The van der Waals surface area contributed by atoms with Gasteiger partial charge in [-0.25, -0.2) is 0 Å². The summed E-state index contributed by atoms with van der Waals surface area (Å²) in [5, 5.41) is 1.94. The normalized spacial score (nSPS) is 17.7. The van der Waals surface area contributed by atoms with E-state index in [0.717, 1.165) is 30.0 Å². The molecule has 1 aliphatic carbocycles. The summed E-state index contributed by atoms with van der Waals surface area (Å²) in [7, 11) is 0. The first kappa shape index (κ1) is 10.4. The van der Waals surface area contributed by atoms with Crippen molar-refractivity contribution in [3.63, 3.8) is 0 Å². The number of carbonyl (C=O) groups is 1. The fourth-order valence-corrected chi connectivity index (χ4v) is 2.35. The van der Waals surface area contributed by atoms with Crippen molar-refractivity contribution in [1.82, 2.24) is 4.98 Å². The molecule has 1 fully saturated rings. The van der Waals surface area contributed by atoms with E-state index in [1.54, 1.807) is 12.4 Å². The van der Waals surface area contributed by atoms with Crippen LogP contribution in [-0.2, 0) is 0 Å². The van der Waals surface area contributed by atoms with Crippen LogP contribution in [0.3, 0.4) is 0 Å². The smallest absolute Gasteiger partial charge is 0.184 e. The predicted molar refractivity (Wildman–Crippen MR) is 66.8 cm³/mol. The van der Waals surface area contributed by atoms with Crippen molar-refractivity contribution in [2.75, 3.05) is 0 Å². The minimum absolute atomic E-state index is 0.0352. The number of ketones is 1. The molecule has 0 amide bonds. The zero-order valence-electron chi connectivity index (χ0n) is 9.52. The maximum atomic E-state index is 12.4. The molecule has 1 aliphatic rings. The highest BCUT2D eigenvalue weighted by Crippen LogP contribution is 2.33. The molecule has 1 heterocycles. The Morgan fingerprint density at radius 2 is 2.00 bits per heavy atom. The van der Waals surface area contributed by atoms with E-state index >= 15 is 0 Å². The van der Waals surface area contributed by atoms with Gasteiger partial charge in [-0.05, 0) is 24.6 Å². The molecule has 3 heteroatoms. The van der Waals surface area contributed by atoms with Crippen LogP contribution in [0.4, 0.5) is 0 Å². The summed E-state index contributed by atoms with van der Waals surface area (Å²) in [6.07, 6.45) is 6.03. The van der Waals surface area contributed by atoms with E-state index in [4.69, 9.17) is 5.73 Å². The van der Waals surface area contributed by atoms with Gasteiger partial charge in [0.2, 0.25) is 0 Å². The van der Waals surface area contributed by atoms with Gasteiger partial charge in [0.05, 0.1) is 5.54 Å². The monoisotopic (exact) mass is 226 g/mol. The van der Waals surface area contributed by atoms with Gasteiger partial charge in [0.25, 0.3) is 0 Å². The molecule has 2 aromatic rings. The van der Waals surface area contributed by atoms with Gasteiger partial charge in [0.15, 0.2) is 5.78 Å². The summed E-state index contributed by atoms with van der Waals surface area (Å²) in [5.74, 6) is 0.0352. The number of Topliss-reactive ketones (excluding diaryl/α,β-unsaturated/α-hetero) is 1. The molecule has 1 aromatic carbocycles. The molecule has 3 nitrogen and oxygen atoms in total. The summed E-state index contributed by atoms with van der Waals surface area (Å²) in [5.41, 5.74) is 6.10. The number of aromatic nitrogens is 1. The third-order valence-corrected chi connectivity index (χ3v) is 3.61. The number of hydrogen-bond acceptors (Lipinski definition) is 3. The first-order valence-corrected chi connectivity index (χ1v) is 5.87. The maximum absolute atomic E-state index is 12.4. The van der Waals surface area contributed by atoms with Crippen LogP contribution >= 0.6 is 0 Å². The molecule has 0 saturated heterocycles. The molecule has 17 heavy (non-hydrogen) atoms. The van der Waals surface area contributed by atoms with Crippen molar-refractivity contribution < 1.29 is 4.79 Å². The molecular formula is C14H14N2O. The van der Waals surface area contributed by atoms with Gasteiger partial charge >= 0.3 is 0 Å². The Balaban J connectivity index is 2.14. The second kappa shape index (κ2) is 3.64. The van der Waals surface area contributed by atoms with Crippen LogP contribution in [0, 0.1) is 0 Å². The van der Waals surface area contributed by atoms with Crippen LogP contribution in [0.2, 0.25) is 0 Å². The van der Waals surface area contributed by atoms with Gasteiger partial charge < -0.3 is 5.73 Å². The van der Waals surface area contributed by atoms with Crippen LogP contribution in [0.25, 0.3) is 10.8 Å². The largest absolute Gasteiger partial charge is 0.319 e. The Hall–Kier alpha value is -1.74. The van der Waals surface area contributed by atoms with Gasteiger partial charge in [0, 0.05) is 23.3 Å². The van der Waals surface area contributed by atoms with Crippen molar-refractivity contribution in [2.24, 2.45) is 5.73 Å². The van der Waals surface area contributed by atoms with Crippen molar-refractivity contribution in [3.05, 3.63) is 42.2 Å². The summed E-state index contributed by atoms with van der Waals surface area (Å²) < 4.78 is 0. The topological polar surface area (TPSA) is 56.0 Å². The third-order valence-electron chi connectivity index (χ3n) is 3.61. The number of carbonyl (C=O) groups excluding carboxylic acids is 1. The predicted octanol–water partition coefficient (Wildman–Crippen LogP) is 2.30. The highest BCUT2D eigenvalue weighted by molar-refractivity contribution is 6.12. The van der Waals surface area contributed by atoms with Crippen LogP contribution in [0.15, 0.2) is 36.7 Å². The summed E-state index contributed by atoms with van der Waals surface area (Å²) >= 11 is 0. The van der Waals surface area contributed by atoms with E-state index in [2.05, 4.69) is 4.98 Å². The van der Waals surface area contributed by atoms with E-state index in [9.17, 15) is 4.79 Å². The summed E-state index contributed by atoms with van der Waals surface area (Å²) in [4.78, 5) is 16.5. The minimum Gasteiger partial charge on any atom is -0.319 e. The van der Waals surface area contributed by atoms with Crippen molar-refractivity contribution in [3.8, 4) is 0 Å². The third kappa shape index (κ3) is 1.54. The Kier molecular flexibility index (Phi) is 2.23. The van der Waals surface area contributed by atoms with E-state index < -0.39 is 5.54 Å². The van der Waals surface area contributed by atoms with Gasteiger partial charge in [-0.15, -0.1) is 0 Å². The molecule has 3 rings (SSSR count). The first-order valence-electron chi connectivity index (χ1n) is 5.87. The molecule has 0 aliphatic heterocycles. The number of nitrogens with two attached hydrogens (primary N) is 1. The molecule has 1 aromatic heterocycles. The molecule has 86 valence electrons. The van der Waals surface area contributed by atoms with Gasteiger partial charge in [-0.1, -0.05) is 24.3 Å². The number of fused-ring (bicyclic) bond motifs is 1. The van der Waals surface area contributed by atoms with E-state index in [-0.39, 0.29) is 5.78 Å². The maximum Gasteiger partial charge on any atom is 0.184 e. The lowest BCUT2D eigenvalue weighted by molar-refractivity contribution is 0.0802. The molecule has 1 saturated carbocycles. The first-order chi connectivity index (χ1) is 8.21. The Bertz CT molecular complexity index is 582. The van der Waals surface area contributed by atoms with Crippen molar-refractivity contribution in [1.29, 1.82) is 0 Å². The quantitative estimate of drug-likeness (QED) is 0.799. The number of rotatable bonds is 2. The van der Waals surface area contributed by atoms with Gasteiger partial charge in [-0.3, -0.25) is 9.78 Å². The molecule has 0 atom stereocenters. The van der Waals surface area contributed by atoms with Gasteiger partial charge in [0.1, 0.15) is 0 Å². The number of benzene rings is 1. The highest BCUT2D eigenvalue weighted by atomic mass is 16.1. The number of pyridine rings is 1. The van der Waals surface area contributed by atoms with Crippen LogP contribution in [0.5, 0.6) is 0 Å². The molecular weight excluding hydrogens is 212 g/mol. The minimum atomic E-state index is -0.647. The lowest BCUT2D eigenvalue weighted by Gasteiger charge is -2.36. The zero-order chi connectivity index (χ0) is 11.9.